The molecule has 1 saturated heterocycles. The number of benzene rings is 3. The normalized spacial score (nSPS) is 17.2. The van der Waals surface area contributed by atoms with E-state index in [1.54, 1.807) is 13.0 Å². The van der Waals surface area contributed by atoms with Crippen molar-refractivity contribution in [2.24, 2.45) is 0 Å². The van der Waals surface area contributed by atoms with Crippen molar-refractivity contribution in [3.8, 4) is 11.1 Å². The third-order valence-corrected chi connectivity index (χ3v) is 8.24. The number of methoxy groups -OCH3 is 1. The number of hydrogen-bond donors (Lipinski definition) is 1. The Hall–Kier alpha value is -4.61. The second-order valence-corrected chi connectivity index (χ2v) is 11.7. The van der Waals surface area contributed by atoms with Crippen LogP contribution in [-0.4, -0.2) is 73.0 Å². The first kappa shape index (κ1) is 34.7. The lowest BCUT2D eigenvalue weighted by Gasteiger charge is -2.22. The Bertz CT molecular complexity index is 1670. The van der Waals surface area contributed by atoms with Gasteiger partial charge in [-0.05, 0) is 43.0 Å². The quantitative estimate of drug-likeness (QED) is 0.0868. The molecule has 1 N–H and O–H groups in total. The molecule has 1 aliphatic heterocycles. The van der Waals surface area contributed by atoms with Gasteiger partial charge in [0.15, 0.2) is 5.76 Å². The summed E-state index contributed by atoms with van der Waals surface area (Å²) in [5.74, 6) is -1.04. The molecule has 10 nitrogen and oxygen atoms in total. The fourth-order valence-electron chi connectivity index (χ4n) is 5.71. The molecule has 1 aromatic heterocycles. The Balaban J connectivity index is 1.26. The highest BCUT2D eigenvalue weighted by atomic mass is 16.6. The van der Waals surface area contributed by atoms with Crippen LogP contribution in [0.25, 0.3) is 11.1 Å². The first-order chi connectivity index (χ1) is 23.3. The molecule has 48 heavy (non-hydrogen) atoms. The van der Waals surface area contributed by atoms with Crippen molar-refractivity contribution in [2.45, 2.75) is 57.6 Å². The molecule has 0 aliphatic carbocycles. The number of carbonyl (C=O) groups is 3. The van der Waals surface area contributed by atoms with Crippen LogP contribution < -0.4 is 0 Å². The summed E-state index contributed by atoms with van der Waals surface area (Å²) in [6.07, 6.45) is -2.61. The summed E-state index contributed by atoms with van der Waals surface area (Å²) in [4.78, 5) is 41.2. The van der Waals surface area contributed by atoms with Crippen LogP contribution in [0, 0.1) is 6.92 Å². The second-order valence-electron chi connectivity index (χ2n) is 11.7. The number of imide groups is 1. The van der Waals surface area contributed by atoms with E-state index in [9.17, 15) is 19.5 Å². The predicted octanol–water partition coefficient (Wildman–Crippen LogP) is 6.09. The first-order valence-electron chi connectivity index (χ1n) is 16.0. The molecule has 0 bridgehead atoms. The number of ether oxygens (including phenoxy) is 4. The van der Waals surface area contributed by atoms with E-state index in [1.807, 2.05) is 91.9 Å². The summed E-state index contributed by atoms with van der Waals surface area (Å²) in [7, 11) is 1.24. The Labute approximate surface area is 280 Å². The Kier molecular flexibility index (Phi) is 11.9. The molecule has 5 rings (SSSR count). The van der Waals surface area contributed by atoms with Crippen molar-refractivity contribution in [1.29, 1.82) is 0 Å². The summed E-state index contributed by atoms with van der Waals surface area (Å²) < 4.78 is 28.6. The number of furan rings is 1. The average molecular weight is 656 g/mol. The monoisotopic (exact) mass is 655 g/mol. The van der Waals surface area contributed by atoms with Crippen LogP contribution in [0.5, 0.6) is 0 Å². The van der Waals surface area contributed by atoms with E-state index < -0.39 is 42.1 Å². The van der Waals surface area contributed by atoms with Gasteiger partial charge in [-0.15, -0.1) is 0 Å². The fourth-order valence-corrected chi connectivity index (χ4v) is 5.71. The number of rotatable bonds is 16. The largest absolute Gasteiger partial charge is 0.457 e. The Morgan fingerprint density at radius 2 is 1.71 bits per heavy atom. The summed E-state index contributed by atoms with van der Waals surface area (Å²) in [5.41, 5.74) is 4.34. The standard InChI is InChI=1S/C38H41NO9/c1-25-12-10-17-29(20-25)31-21-33(47-32(31)18-11-19-45-24-30(22-40)46-23-27-13-6-4-7-14-27)34(41)36(44-3)37(42)39-26(2)35(48-38(39)43)28-15-8-5-9-16-28/h4-10,12-17,20-21,26,30,35-36,40H,11,18-19,22-24H2,1-3H3/t26-,30-,35-,36-/m1/s1. The molecule has 2 amide bonds. The van der Waals surface area contributed by atoms with Crippen molar-refractivity contribution in [3.05, 3.63) is 119 Å². The van der Waals surface area contributed by atoms with Gasteiger partial charge in [-0.3, -0.25) is 9.59 Å². The summed E-state index contributed by atoms with van der Waals surface area (Å²) in [6.45, 7) is 4.44. The van der Waals surface area contributed by atoms with Crippen molar-refractivity contribution >= 4 is 17.8 Å². The smallest absolute Gasteiger partial charge is 0.417 e. The molecule has 0 unspecified atom stereocenters. The highest BCUT2D eigenvalue weighted by Crippen LogP contribution is 2.34. The minimum atomic E-state index is -1.62. The van der Waals surface area contributed by atoms with Crippen LogP contribution in [0.2, 0.25) is 0 Å². The van der Waals surface area contributed by atoms with Gasteiger partial charge in [0.05, 0.1) is 25.9 Å². The van der Waals surface area contributed by atoms with Crippen LogP contribution in [-0.2, 0) is 36.8 Å². The lowest BCUT2D eigenvalue weighted by molar-refractivity contribution is -0.137. The molecule has 252 valence electrons. The van der Waals surface area contributed by atoms with E-state index >= 15 is 0 Å². The Morgan fingerprint density at radius 1 is 0.979 bits per heavy atom. The van der Waals surface area contributed by atoms with E-state index in [-0.39, 0.29) is 19.0 Å². The molecule has 10 heteroatoms. The van der Waals surface area contributed by atoms with E-state index in [1.165, 1.54) is 7.11 Å². The lowest BCUT2D eigenvalue weighted by Crippen LogP contribution is -2.47. The van der Waals surface area contributed by atoms with Gasteiger partial charge < -0.3 is 28.5 Å². The lowest BCUT2D eigenvalue weighted by atomic mass is 10.0. The topological polar surface area (TPSA) is 125 Å². The van der Waals surface area contributed by atoms with Crippen LogP contribution in [0.1, 0.15) is 52.5 Å². The number of cyclic esters (lactones) is 1. The first-order valence-corrected chi connectivity index (χ1v) is 16.0. The van der Waals surface area contributed by atoms with E-state index in [0.29, 0.717) is 37.4 Å². The van der Waals surface area contributed by atoms with Crippen molar-refractivity contribution in [3.63, 3.8) is 0 Å². The van der Waals surface area contributed by atoms with Crippen molar-refractivity contribution in [1.82, 2.24) is 4.90 Å². The molecule has 1 aliphatic rings. The van der Waals surface area contributed by atoms with E-state index in [2.05, 4.69) is 0 Å². The molecule has 4 atom stereocenters. The third kappa shape index (κ3) is 8.26. The molecule has 0 saturated carbocycles. The van der Waals surface area contributed by atoms with E-state index in [4.69, 9.17) is 23.4 Å². The number of aliphatic hydroxyl groups excluding tert-OH is 1. The molecule has 0 radical (unpaired) electrons. The van der Waals surface area contributed by atoms with Gasteiger partial charge in [-0.25, -0.2) is 9.69 Å². The highest BCUT2D eigenvalue weighted by molar-refractivity contribution is 6.14. The number of nitrogens with zero attached hydrogens (tertiary/aromatic N) is 1. The molecule has 3 aromatic carbocycles. The zero-order chi connectivity index (χ0) is 34.0. The number of amides is 2. The number of Topliss-reactive ketones (excluding diaryl/α,β-unsaturated/α-hetero) is 1. The minimum absolute atomic E-state index is 0.0582. The van der Waals surface area contributed by atoms with Gasteiger partial charge >= 0.3 is 6.09 Å². The van der Waals surface area contributed by atoms with Crippen molar-refractivity contribution < 1.29 is 42.9 Å². The Morgan fingerprint density at radius 3 is 2.40 bits per heavy atom. The van der Waals surface area contributed by atoms with E-state index in [0.717, 1.165) is 27.2 Å². The molecule has 0 spiro atoms. The highest BCUT2D eigenvalue weighted by Gasteiger charge is 2.47. The SMILES string of the molecule is CO[C@H](C(=O)c1cc(-c2cccc(C)c2)c(CCCOC[C@@H](CO)OCc2ccccc2)o1)C(=O)N1C(=O)O[C@@H](c2ccccc2)[C@H]1C. The van der Waals surface area contributed by atoms with Crippen LogP contribution in [0.4, 0.5) is 4.79 Å². The third-order valence-electron chi connectivity index (χ3n) is 8.24. The zero-order valence-corrected chi connectivity index (χ0v) is 27.4. The van der Waals surface area contributed by atoms with Gasteiger partial charge in [0, 0.05) is 25.7 Å². The molecule has 1 fully saturated rings. The van der Waals surface area contributed by atoms with Gasteiger partial charge in [0.2, 0.25) is 11.9 Å². The van der Waals surface area contributed by atoms with Crippen molar-refractivity contribution in [2.75, 3.05) is 26.9 Å². The average Bonchev–Trinajstić information content (AvgIpc) is 3.67. The predicted molar refractivity (Wildman–Crippen MR) is 177 cm³/mol. The molecule has 4 aromatic rings. The van der Waals surface area contributed by atoms with Gasteiger partial charge in [0.25, 0.3) is 5.91 Å². The van der Waals surface area contributed by atoms with Gasteiger partial charge in [-0.1, -0.05) is 90.5 Å². The maximum absolute atomic E-state index is 13.8. The maximum atomic E-state index is 13.8. The number of aryl methyl sites for hydroxylation is 2. The summed E-state index contributed by atoms with van der Waals surface area (Å²) >= 11 is 0. The number of aliphatic hydroxyl groups is 1. The van der Waals surface area contributed by atoms with Crippen LogP contribution in [0.3, 0.4) is 0 Å². The number of carbonyl (C=O) groups excluding carboxylic acids is 3. The molecule has 2 heterocycles. The fraction of sp³-hybridized carbons (Fsp3) is 0.342. The second kappa shape index (κ2) is 16.5. The zero-order valence-electron chi connectivity index (χ0n) is 27.4. The van der Waals surface area contributed by atoms with Crippen LogP contribution in [0.15, 0.2) is 95.4 Å². The summed E-state index contributed by atoms with van der Waals surface area (Å²) in [6, 6.07) is 27.6. The maximum Gasteiger partial charge on any atom is 0.417 e. The molecular formula is C38H41NO9. The summed E-state index contributed by atoms with van der Waals surface area (Å²) in [5, 5.41) is 9.73. The van der Waals surface area contributed by atoms with Gasteiger partial charge in [0.1, 0.15) is 18.0 Å². The number of hydrogen-bond acceptors (Lipinski definition) is 9. The number of ketones is 1. The van der Waals surface area contributed by atoms with Crippen LogP contribution >= 0.6 is 0 Å². The minimum Gasteiger partial charge on any atom is -0.457 e. The molecular weight excluding hydrogens is 614 g/mol. The van der Waals surface area contributed by atoms with Gasteiger partial charge in [-0.2, -0.15) is 0 Å².